The van der Waals surface area contributed by atoms with Gasteiger partial charge in [0, 0.05) is 6.04 Å². The highest BCUT2D eigenvalue weighted by Gasteiger charge is 2.23. The average Bonchev–Trinajstić information content (AvgIpc) is 3.01. The summed E-state index contributed by atoms with van der Waals surface area (Å²) in [5.74, 6) is -0.161. The Labute approximate surface area is 120 Å². The smallest absolute Gasteiger partial charge is 0.123 e. The topological polar surface area (TPSA) is 3.24 Å². The zero-order valence-corrected chi connectivity index (χ0v) is 11.6. The van der Waals surface area contributed by atoms with E-state index in [1.54, 1.807) is 12.1 Å². The fourth-order valence-electron chi connectivity index (χ4n) is 3.03. The van der Waals surface area contributed by atoms with Gasteiger partial charge in [-0.3, -0.25) is 4.90 Å². The Hall–Kier alpha value is -1.67. The first-order valence-corrected chi connectivity index (χ1v) is 7.36. The number of halogens is 1. The van der Waals surface area contributed by atoms with Crippen molar-refractivity contribution in [3.05, 3.63) is 71.5 Å². The van der Waals surface area contributed by atoms with E-state index >= 15 is 0 Å². The monoisotopic (exact) mass is 269 g/mol. The van der Waals surface area contributed by atoms with Crippen molar-refractivity contribution in [3.8, 4) is 0 Å². The molecule has 0 aliphatic carbocycles. The Balaban J connectivity index is 1.83. The Morgan fingerprint density at radius 3 is 2.20 bits per heavy atom. The number of hydrogen-bond donors (Lipinski definition) is 0. The van der Waals surface area contributed by atoms with Gasteiger partial charge in [-0.1, -0.05) is 42.5 Å². The maximum Gasteiger partial charge on any atom is 0.123 e. The Morgan fingerprint density at radius 1 is 0.900 bits per heavy atom. The first kappa shape index (κ1) is 13.3. The van der Waals surface area contributed by atoms with Crippen molar-refractivity contribution in [2.75, 3.05) is 13.1 Å². The third-order valence-electron chi connectivity index (χ3n) is 4.11. The van der Waals surface area contributed by atoms with E-state index in [2.05, 4.69) is 35.2 Å². The third kappa shape index (κ3) is 3.07. The van der Waals surface area contributed by atoms with Crippen LogP contribution in [0.5, 0.6) is 0 Å². The van der Waals surface area contributed by atoms with E-state index in [1.165, 1.54) is 37.1 Å². The van der Waals surface area contributed by atoms with Crippen LogP contribution in [0.4, 0.5) is 4.39 Å². The summed E-state index contributed by atoms with van der Waals surface area (Å²) in [7, 11) is 0. The summed E-state index contributed by atoms with van der Waals surface area (Å²) < 4.78 is 13.0. The first-order chi connectivity index (χ1) is 9.83. The van der Waals surface area contributed by atoms with Gasteiger partial charge in [-0.25, -0.2) is 4.39 Å². The second-order valence-corrected chi connectivity index (χ2v) is 5.50. The summed E-state index contributed by atoms with van der Waals surface area (Å²) in [5.41, 5.74) is 2.56. The molecule has 0 spiro atoms. The summed E-state index contributed by atoms with van der Waals surface area (Å²) in [6.07, 6.45) is 3.52. The minimum absolute atomic E-state index is 0.161. The van der Waals surface area contributed by atoms with Gasteiger partial charge in [-0.2, -0.15) is 0 Å². The standard InChI is InChI=1S/C18H20FN/c19-17-10-8-15(9-11-17)14-18(20-12-4-5-13-20)16-6-2-1-3-7-16/h1-3,6-11,18H,4-5,12-14H2. The van der Waals surface area contributed by atoms with Crippen molar-refractivity contribution in [1.29, 1.82) is 0 Å². The lowest BCUT2D eigenvalue weighted by Crippen LogP contribution is -2.27. The van der Waals surface area contributed by atoms with Crippen molar-refractivity contribution >= 4 is 0 Å². The molecule has 2 aromatic rings. The van der Waals surface area contributed by atoms with E-state index in [-0.39, 0.29) is 5.82 Å². The molecule has 104 valence electrons. The second-order valence-electron chi connectivity index (χ2n) is 5.50. The predicted molar refractivity (Wildman–Crippen MR) is 80.1 cm³/mol. The minimum atomic E-state index is -0.161. The number of benzene rings is 2. The van der Waals surface area contributed by atoms with Crippen LogP contribution in [0.3, 0.4) is 0 Å². The number of rotatable bonds is 4. The van der Waals surface area contributed by atoms with E-state index in [9.17, 15) is 4.39 Å². The molecule has 1 aliphatic heterocycles. The highest BCUT2D eigenvalue weighted by atomic mass is 19.1. The Kier molecular flexibility index (Phi) is 4.12. The van der Waals surface area contributed by atoms with E-state index in [0.29, 0.717) is 6.04 Å². The first-order valence-electron chi connectivity index (χ1n) is 7.36. The molecule has 2 heteroatoms. The van der Waals surface area contributed by atoms with Crippen LogP contribution in [0.2, 0.25) is 0 Å². The van der Waals surface area contributed by atoms with Crippen LogP contribution in [0.1, 0.15) is 30.0 Å². The maximum atomic E-state index is 13.0. The van der Waals surface area contributed by atoms with Gasteiger partial charge in [0.1, 0.15) is 5.82 Å². The lowest BCUT2D eigenvalue weighted by Gasteiger charge is -2.28. The summed E-state index contributed by atoms with van der Waals surface area (Å²) in [4.78, 5) is 2.55. The molecule has 0 N–H and O–H groups in total. The fraction of sp³-hybridized carbons (Fsp3) is 0.333. The van der Waals surface area contributed by atoms with Crippen LogP contribution in [0.15, 0.2) is 54.6 Å². The van der Waals surface area contributed by atoms with E-state index < -0.39 is 0 Å². The summed E-state index contributed by atoms with van der Waals surface area (Å²) in [5, 5.41) is 0. The molecule has 1 aliphatic rings. The molecule has 0 aromatic heterocycles. The Morgan fingerprint density at radius 2 is 1.55 bits per heavy atom. The number of likely N-dealkylation sites (tertiary alicyclic amines) is 1. The van der Waals surface area contributed by atoms with Crippen molar-refractivity contribution < 1.29 is 4.39 Å². The molecule has 0 radical (unpaired) electrons. The summed E-state index contributed by atoms with van der Waals surface area (Å²) >= 11 is 0. The fourth-order valence-corrected chi connectivity index (χ4v) is 3.03. The van der Waals surface area contributed by atoms with Crippen LogP contribution in [-0.4, -0.2) is 18.0 Å². The van der Waals surface area contributed by atoms with Crippen molar-refractivity contribution in [1.82, 2.24) is 4.90 Å². The molecular formula is C18H20FN. The van der Waals surface area contributed by atoms with Crippen molar-refractivity contribution in [2.24, 2.45) is 0 Å². The molecule has 0 bridgehead atoms. The molecule has 1 atom stereocenters. The van der Waals surface area contributed by atoms with Gasteiger partial charge in [0.2, 0.25) is 0 Å². The largest absolute Gasteiger partial charge is 0.296 e. The highest BCUT2D eigenvalue weighted by Crippen LogP contribution is 2.28. The van der Waals surface area contributed by atoms with Crippen molar-refractivity contribution in [2.45, 2.75) is 25.3 Å². The highest BCUT2D eigenvalue weighted by molar-refractivity contribution is 5.24. The molecule has 1 heterocycles. The zero-order chi connectivity index (χ0) is 13.8. The number of hydrogen-bond acceptors (Lipinski definition) is 1. The molecule has 1 saturated heterocycles. The van der Waals surface area contributed by atoms with Crippen molar-refractivity contribution in [3.63, 3.8) is 0 Å². The van der Waals surface area contributed by atoms with Gasteiger partial charge in [0.05, 0.1) is 0 Å². The minimum Gasteiger partial charge on any atom is -0.296 e. The molecule has 20 heavy (non-hydrogen) atoms. The van der Waals surface area contributed by atoms with Crippen LogP contribution < -0.4 is 0 Å². The lowest BCUT2D eigenvalue weighted by atomic mass is 9.97. The van der Waals surface area contributed by atoms with Crippen LogP contribution in [0.25, 0.3) is 0 Å². The van der Waals surface area contributed by atoms with E-state index in [0.717, 1.165) is 6.42 Å². The van der Waals surface area contributed by atoms with Gasteiger partial charge in [0.15, 0.2) is 0 Å². The van der Waals surface area contributed by atoms with E-state index in [1.807, 2.05) is 12.1 Å². The van der Waals surface area contributed by atoms with E-state index in [4.69, 9.17) is 0 Å². The quantitative estimate of drug-likeness (QED) is 0.804. The molecule has 3 rings (SSSR count). The molecular weight excluding hydrogens is 249 g/mol. The molecule has 1 fully saturated rings. The second kappa shape index (κ2) is 6.19. The summed E-state index contributed by atoms with van der Waals surface area (Å²) in [6, 6.07) is 18.0. The van der Waals surface area contributed by atoms with Crippen LogP contribution in [-0.2, 0) is 6.42 Å². The van der Waals surface area contributed by atoms with Gasteiger partial charge in [-0.15, -0.1) is 0 Å². The predicted octanol–water partition coefficient (Wildman–Crippen LogP) is 4.21. The zero-order valence-electron chi connectivity index (χ0n) is 11.6. The lowest BCUT2D eigenvalue weighted by molar-refractivity contribution is 0.244. The van der Waals surface area contributed by atoms with Gasteiger partial charge >= 0.3 is 0 Å². The normalized spacial score (nSPS) is 17.2. The molecule has 0 saturated carbocycles. The van der Waals surface area contributed by atoms with Gasteiger partial charge < -0.3 is 0 Å². The molecule has 1 unspecified atom stereocenters. The SMILES string of the molecule is Fc1ccc(CC(c2ccccc2)N2CCCC2)cc1. The molecule has 2 aromatic carbocycles. The molecule has 1 nitrogen and oxygen atoms in total. The van der Waals surface area contributed by atoms with Gasteiger partial charge in [-0.05, 0) is 55.6 Å². The number of nitrogens with zero attached hydrogens (tertiary/aromatic N) is 1. The Bertz CT molecular complexity index is 529. The van der Waals surface area contributed by atoms with Crippen LogP contribution >= 0.6 is 0 Å². The summed E-state index contributed by atoms with van der Waals surface area (Å²) in [6.45, 7) is 2.33. The molecule has 0 amide bonds. The maximum absolute atomic E-state index is 13.0. The average molecular weight is 269 g/mol. The van der Waals surface area contributed by atoms with Gasteiger partial charge in [0.25, 0.3) is 0 Å². The van der Waals surface area contributed by atoms with Crippen LogP contribution in [0, 0.1) is 5.82 Å². The third-order valence-corrected chi connectivity index (χ3v) is 4.11.